The van der Waals surface area contributed by atoms with E-state index in [9.17, 15) is 4.79 Å². The number of rotatable bonds is 6. The van der Waals surface area contributed by atoms with Gasteiger partial charge in [0.2, 0.25) is 5.91 Å². The van der Waals surface area contributed by atoms with Crippen LogP contribution in [-0.2, 0) is 9.53 Å². The van der Waals surface area contributed by atoms with E-state index in [1.54, 1.807) is 7.05 Å². The average molecular weight is 228 g/mol. The van der Waals surface area contributed by atoms with Crippen LogP contribution in [0, 0.1) is 5.41 Å². The molecule has 1 amide bonds. The summed E-state index contributed by atoms with van der Waals surface area (Å²) in [5, 5.41) is 5.93. The number of carbonyl (C=O) groups excluding carboxylic acids is 1. The van der Waals surface area contributed by atoms with Gasteiger partial charge in [0.1, 0.15) is 0 Å². The van der Waals surface area contributed by atoms with Gasteiger partial charge in [0.25, 0.3) is 0 Å². The normalized spacial score (nSPS) is 33.2. The fraction of sp³-hybridized carbons (Fsp3) is 0.917. The van der Waals surface area contributed by atoms with E-state index in [2.05, 4.69) is 24.5 Å². The molecule has 1 rings (SSSR count). The summed E-state index contributed by atoms with van der Waals surface area (Å²) >= 11 is 0. The molecule has 0 aliphatic heterocycles. The van der Waals surface area contributed by atoms with Crippen molar-refractivity contribution in [1.29, 1.82) is 0 Å². The highest BCUT2D eigenvalue weighted by Crippen LogP contribution is 2.45. The predicted octanol–water partition coefficient (Wildman–Crippen LogP) is 0.916. The molecule has 4 heteroatoms. The zero-order chi connectivity index (χ0) is 12.2. The van der Waals surface area contributed by atoms with Crippen molar-refractivity contribution in [2.24, 2.45) is 5.41 Å². The van der Waals surface area contributed by atoms with Crippen molar-refractivity contribution >= 4 is 5.91 Å². The van der Waals surface area contributed by atoms with Crippen molar-refractivity contribution in [2.45, 2.75) is 45.8 Å². The molecule has 1 fully saturated rings. The fourth-order valence-corrected chi connectivity index (χ4v) is 2.37. The molecule has 0 aromatic heterocycles. The topological polar surface area (TPSA) is 50.4 Å². The number of hydrogen-bond acceptors (Lipinski definition) is 3. The van der Waals surface area contributed by atoms with Crippen LogP contribution in [0.1, 0.15) is 33.6 Å². The molecule has 3 atom stereocenters. The van der Waals surface area contributed by atoms with Crippen molar-refractivity contribution in [2.75, 3.05) is 20.2 Å². The van der Waals surface area contributed by atoms with Gasteiger partial charge in [-0.05, 0) is 19.8 Å². The summed E-state index contributed by atoms with van der Waals surface area (Å²) in [5.74, 6) is 0.0401. The Labute approximate surface area is 98.1 Å². The summed E-state index contributed by atoms with van der Waals surface area (Å²) < 4.78 is 5.71. The van der Waals surface area contributed by atoms with Crippen LogP contribution in [0.25, 0.3) is 0 Å². The molecule has 3 unspecified atom stereocenters. The maximum Gasteiger partial charge on any atom is 0.233 e. The smallest absolute Gasteiger partial charge is 0.233 e. The molecule has 4 nitrogen and oxygen atoms in total. The van der Waals surface area contributed by atoms with E-state index in [0.29, 0.717) is 18.7 Å². The minimum atomic E-state index is 0.0401. The lowest BCUT2D eigenvalue weighted by atomic mass is 9.61. The van der Waals surface area contributed by atoms with Gasteiger partial charge in [0.15, 0.2) is 0 Å². The molecule has 0 radical (unpaired) electrons. The summed E-state index contributed by atoms with van der Waals surface area (Å²) in [6, 6.07) is 0.395. The van der Waals surface area contributed by atoms with E-state index in [0.717, 1.165) is 19.4 Å². The van der Waals surface area contributed by atoms with Crippen molar-refractivity contribution in [3.05, 3.63) is 0 Å². The second-order valence-corrected chi connectivity index (χ2v) is 4.65. The monoisotopic (exact) mass is 228 g/mol. The van der Waals surface area contributed by atoms with E-state index in [1.165, 1.54) is 0 Å². The molecule has 94 valence electrons. The first-order valence-electron chi connectivity index (χ1n) is 6.14. The summed E-state index contributed by atoms with van der Waals surface area (Å²) in [5.41, 5.74) is 0.171. The van der Waals surface area contributed by atoms with Crippen LogP contribution in [-0.4, -0.2) is 38.3 Å². The third-order valence-corrected chi connectivity index (χ3v) is 3.90. The van der Waals surface area contributed by atoms with E-state index < -0.39 is 0 Å². The molecule has 0 aromatic carbocycles. The van der Waals surface area contributed by atoms with Crippen LogP contribution in [0.3, 0.4) is 0 Å². The third kappa shape index (κ3) is 2.55. The molecule has 0 spiro atoms. The van der Waals surface area contributed by atoms with Crippen molar-refractivity contribution in [3.63, 3.8) is 0 Å². The Morgan fingerprint density at radius 1 is 1.50 bits per heavy atom. The number of hydrogen-bond donors (Lipinski definition) is 2. The highest BCUT2D eigenvalue weighted by Gasteiger charge is 2.50. The zero-order valence-corrected chi connectivity index (χ0v) is 10.8. The Bertz CT molecular complexity index is 245. The summed E-state index contributed by atoms with van der Waals surface area (Å²) in [4.78, 5) is 11.2. The van der Waals surface area contributed by atoms with Gasteiger partial charge in [0, 0.05) is 25.1 Å². The van der Waals surface area contributed by atoms with E-state index in [1.807, 2.05) is 6.92 Å². The Hall–Kier alpha value is -0.610. The Balaban J connectivity index is 2.42. The van der Waals surface area contributed by atoms with Crippen molar-refractivity contribution in [1.82, 2.24) is 10.6 Å². The molecule has 1 saturated carbocycles. The van der Waals surface area contributed by atoms with Gasteiger partial charge in [-0.25, -0.2) is 0 Å². The quantitative estimate of drug-likeness (QED) is 0.710. The number of ether oxygens (including phenoxy) is 1. The number of nitrogens with one attached hydrogen (secondary N) is 2. The fourth-order valence-electron chi connectivity index (χ4n) is 2.37. The van der Waals surface area contributed by atoms with Gasteiger partial charge in [-0.2, -0.15) is 0 Å². The van der Waals surface area contributed by atoms with Gasteiger partial charge in [-0.3, -0.25) is 4.79 Å². The molecule has 0 bridgehead atoms. The second-order valence-electron chi connectivity index (χ2n) is 4.65. The van der Waals surface area contributed by atoms with Crippen LogP contribution >= 0.6 is 0 Å². The first-order chi connectivity index (χ1) is 7.58. The highest BCUT2D eigenvalue weighted by atomic mass is 16.5. The largest absolute Gasteiger partial charge is 0.378 e. The molecular weight excluding hydrogens is 204 g/mol. The first-order valence-corrected chi connectivity index (χ1v) is 6.14. The number of carbonyl (C=O) groups is 1. The van der Waals surface area contributed by atoms with Crippen molar-refractivity contribution in [3.8, 4) is 0 Å². The molecule has 16 heavy (non-hydrogen) atoms. The molecule has 0 aromatic rings. The summed E-state index contributed by atoms with van der Waals surface area (Å²) in [6.45, 7) is 7.61. The van der Waals surface area contributed by atoms with Gasteiger partial charge < -0.3 is 15.4 Å². The maximum atomic E-state index is 11.2. The Kier molecular flexibility index (Phi) is 4.74. The molecule has 1 aliphatic carbocycles. The molecular formula is C12H24N2O2. The predicted molar refractivity (Wildman–Crippen MR) is 64.3 cm³/mol. The Morgan fingerprint density at radius 3 is 2.69 bits per heavy atom. The molecule has 0 heterocycles. The number of likely N-dealkylation sites (N-methyl/N-ethyl adjacent to an activating group) is 1. The minimum Gasteiger partial charge on any atom is -0.378 e. The Morgan fingerprint density at radius 2 is 2.19 bits per heavy atom. The molecule has 2 N–H and O–H groups in total. The van der Waals surface area contributed by atoms with E-state index >= 15 is 0 Å². The van der Waals surface area contributed by atoms with Gasteiger partial charge in [-0.15, -0.1) is 0 Å². The summed E-state index contributed by atoms with van der Waals surface area (Å²) in [6.07, 6.45) is 2.42. The van der Waals surface area contributed by atoms with Crippen LogP contribution in [0.2, 0.25) is 0 Å². The lowest BCUT2D eigenvalue weighted by Crippen LogP contribution is -2.63. The van der Waals surface area contributed by atoms with E-state index in [-0.39, 0.29) is 11.3 Å². The first kappa shape index (κ1) is 13.5. The van der Waals surface area contributed by atoms with Crippen LogP contribution in [0.15, 0.2) is 0 Å². The van der Waals surface area contributed by atoms with E-state index in [4.69, 9.17) is 4.74 Å². The van der Waals surface area contributed by atoms with Crippen LogP contribution in [0.5, 0.6) is 0 Å². The van der Waals surface area contributed by atoms with Crippen molar-refractivity contribution < 1.29 is 9.53 Å². The number of amides is 1. The SMILES string of the molecule is CCOC1CC(NCC(=O)NC)C1(C)CC. The van der Waals surface area contributed by atoms with Gasteiger partial charge in [-0.1, -0.05) is 13.8 Å². The van der Waals surface area contributed by atoms with Crippen LogP contribution in [0.4, 0.5) is 0 Å². The molecule has 0 saturated heterocycles. The maximum absolute atomic E-state index is 11.2. The highest BCUT2D eigenvalue weighted by molar-refractivity contribution is 5.77. The lowest BCUT2D eigenvalue weighted by molar-refractivity contribution is -0.131. The molecule has 1 aliphatic rings. The average Bonchev–Trinajstić information content (AvgIpc) is 2.31. The zero-order valence-electron chi connectivity index (χ0n) is 10.8. The van der Waals surface area contributed by atoms with Gasteiger partial charge >= 0.3 is 0 Å². The summed E-state index contributed by atoms with van der Waals surface area (Å²) in [7, 11) is 1.66. The van der Waals surface area contributed by atoms with Gasteiger partial charge in [0.05, 0.1) is 12.6 Å². The third-order valence-electron chi connectivity index (χ3n) is 3.90. The minimum absolute atomic E-state index is 0.0401. The lowest BCUT2D eigenvalue weighted by Gasteiger charge is -2.53. The van der Waals surface area contributed by atoms with Crippen LogP contribution < -0.4 is 10.6 Å². The standard InChI is InChI=1S/C12H24N2O2/c1-5-12(3)9(7-10(12)16-6-2)14-8-11(15)13-4/h9-10,14H,5-8H2,1-4H3,(H,13,15). The second kappa shape index (κ2) is 5.64.